The molecule has 0 aromatic carbocycles. The summed E-state index contributed by atoms with van der Waals surface area (Å²) in [6, 6.07) is 0. The van der Waals surface area contributed by atoms with Crippen LogP contribution in [0.25, 0.3) is 0 Å². The van der Waals surface area contributed by atoms with Crippen LogP contribution >= 0.6 is 0 Å². The molecular weight excluding hydrogens is 92.1 g/mol. The molecule has 1 rings (SSSR count). The zero-order valence-corrected chi connectivity index (χ0v) is 4.09. The number of rotatable bonds is 3. The highest BCUT2D eigenvalue weighted by molar-refractivity contribution is 5.36. The Bertz CT molecular complexity index is 66.5. The van der Waals surface area contributed by atoms with Crippen molar-refractivity contribution in [2.75, 3.05) is 6.61 Å². The van der Waals surface area contributed by atoms with Crippen molar-refractivity contribution < 1.29 is 9.53 Å². The molecule has 0 aliphatic heterocycles. The first-order chi connectivity index (χ1) is 3.43. The van der Waals surface area contributed by atoms with Gasteiger partial charge in [-0.2, -0.15) is 0 Å². The second-order valence-corrected chi connectivity index (χ2v) is 1.87. The van der Waals surface area contributed by atoms with Crippen molar-refractivity contribution in [1.29, 1.82) is 0 Å². The molecule has 0 amide bonds. The summed E-state index contributed by atoms with van der Waals surface area (Å²) in [6.45, 7) is 1.15. The molecule has 0 aromatic rings. The molecule has 7 heavy (non-hydrogen) atoms. The third-order valence-electron chi connectivity index (χ3n) is 1.10. The lowest BCUT2D eigenvalue weighted by molar-refractivity contribution is -0.129. The standard InChI is InChI=1S/C5H8O2/c6-4-7-3-5-1-2-5/h4-5H,1-3H2. The molecule has 40 valence electrons. The van der Waals surface area contributed by atoms with Gasteiger partial charge >= 0.3 is 0 Å². The maximum absolute atomic E-state index is 9.51. The van der Waals surface area contributed by atoms with Gasteiger partial charge < -0.3 is 4.74 Å². The van der Waals surface area contributed by atoms with Crippen molar-refractivity contribution in [3.63, 3.8) is 0 Å². The van der Waals surface area contributed by atoms with Crippen molar-refractivity contribution in [3.8, 4) is 0 Å². The fourth-order valence-electron chi connectivity index (χ4n) is 0.460. The Morgan fingerprint density at radius 1 is 1.71 bits per heavy atom. The summed E-state index contributed by atoms with van der Waals surface area (Å²) in [5, 5.41) is 0. The predicted molar refractivity (Wildman–Crippen MR) is 24.7 cm³/mol. The molecule has 0 aromatic heterocycles. The van der Waals surface area contributed by atoms with Gasteiger partial charge in [0.1, 0.15) is 0 Å². The average Bonchev–Trinajstić information content (AvgIpc) is 2.42. The molecule has 0 atom stereocenters. The van der Waals surface area contributed by atoms with E-state index in [2.05, 4.69) is 4.74 Å². The molecule has 1 fully saturated rings. The van der Waals surface area contributed by atoms with E-state index in [1.165, 1.54) is 12.8 Å². The highest BCUT2D eigenvalue weighted by Gasteiger charge is 2.21. The fourth-order valence-corrected chi connectivity index (χ4v) is 0.460. The molecule has 0 N–H and O–H groups in total. The van der Waals surface area contributed by atoms with E-state index in [1.54, 1.807) is 0 Å². The van der Waals surface area contributed by atoms with Gasteiger partial charge in [-0.25, -0.2) is 0 Å². The molecule has 0 saturated heterocycles. The van der Waals surface area contributed by atoms with Crippen molar-refractivity contribution in [1.82, 2.24) is 0 Å². The van der Waals surface area contributed by atoms with E-state index in [1.807, 2.05) is 0 Å². The molecule has 1 aliphatic carbocycles. The SMILES string of the molecule is O=COCC1CC1. The van der Waals surface area contributed by atoms with Crippen LogP contribution in [0.3, 0.4) is 0 Å². The van der Waals surface area contributed by atoms with Crippen molar-refractivity contribution >= 4 is 6.47 Å². The van der Waals surface area contributed by atoms with Crippen LogP contribution in [0.15, 0.2) is 0 Å². The second kappa shape index (κ2) is 1.96. The summed E-state index contributed by atoms with van der Waals surface area (Å²) < 4.78 is 4.48. The average molecular weight is 100 g/mol. The molecule has 2 nitrogen and oxygen atoms in total. The van der Waals surface area contributed by atoms with Gasteiger partial charge in [0.05, 0.1) is 6.61 Å². The van der Waals surface area contributed by atoms with E-state index in [0.29, 0.717) is 19.0 Å². The van der Waals surface area contributed by atoms with Crippen LogP contribution in [0, 0.1) is 5.92 Å². The fraction of sp³-hybridized carbons (Fsp3) is 0.800. The highest BCUT2D eigenvalue weighted by Crippen LogP contribution is 2.28. The first-order valence-corrected chi connectivity index (χ1v) is 2.48. The maximum atomic E-state index is 9.51. The van der Waals surface area contributed by atoms with Crippen molar-refractivity contribution in [3.05, 3.63) is 0 Å². The molecule has 0 bridgehead atoms. The van der Waals surface area contributed by atoms with E-state index < -0.39 is 0 Å². The lowest BCUT2D eigenvalue weighted by Crippen LogP contribution is -1.91. The summed E-state index contributed by atoms with van der Waals surface area (Å²) in [7, 11) is 0. The summed E-state index contributed by atoms with van der Waals surface area (Å²) in [6.07, 6.45) is 2.49. The van der Waals surface area contributed by atoms with E-state index >= 15 is 0 Å². The van der Waals surface area contributed by atoms with Crippen LogP contribution in [-0.2, 0) is 9.53 Å². The quantitative estimate of drug-likeness (QED) is 0.484. The predicted octanol–water partition coefficient (Wildman–Crippen LogP) is 0.569. The number of ether oxygens (including phenoxy) is 1. The largest absolute Gasteiger partial charge is 0.468 e. The van der Waals surface area contributed by atoms with Gasteiger partial charge in [0, 0.05) is 0 Å². The van der Waals surface area contributed by atoms with Gasteiger partial charge in [-0.1, -0.05) is 0 Å². The lowest BCUT2D eigenvalue weighted by atomic mass is 10.5. The topological polar surface area (TPSA) is 26.3 Å². The highest BCUT2D eigenvalue weighted by atomic mass is 16.5. The van der Waals surface area contributed by atoms with E-state index in [0.717, 1.165) is 0 Å². The zero-order valence-electron chi connectivity index (χ0n) is 4.09. The first-order valence-electron chi connectivity index (χ1n) is 2.48. The summed E-state index contributed by atoms with van der Waals surface area (Å²) >= 11 is 0. The Kier molecular flexibility index (Phi) is 1.29. The smallest absolute Gasteiger partial charge is 0.293 e. The zero-order chi connectivity index (χ0) is 5.11. The van der Waals surface area contributed by atoms with Gasteiger partial charge in [0.25, 0.3) is 6.47 Å². The van der Waals surface area contributed by atoms with E-state index in [9.17, 15) is 4.79 Å². The molecule has 1 aliphatic rings. The Morgan fingerprint density at radius 2 is 2.43 bits per heavy atom. The number of hydrogen-bond donors (Lipinski definition) is 0. The normalized spacial score (nSPS) is 18.9. The Labute approximate surface area is 42.5 Å². The molecular formula is C5H8O2. The van der Waals surface area contributed by atoms with Crippen LogP contribution in [0.4, 0.5) is 0 Å². The lowest BCUT2D eigenvalue weighted by Gasteiger charge is -1.89. The molecule has 0 heterocycles. The van der Waals surface area contributed by atoms with Crippen LogP contribution in [0.1, 0.15) is 12.8 Å². The monoisotopic (exact) mass is 100 g/mol. The van der Waals surface area contributed by atoms with Crippen LogP contribution in [0.5, 0.6) is 0 Å². The third kappa shape index (κ3) is 1.57. The number of carbonyl (C=O) groups excluding carboxylic acids is 1. The molecule has 0 spiro atoms. The number of carbonyl (C=O) groups is 1. The summed E-state index contributed by atoms with van der Waals surface area (Å²) in [5.74, 6) is 0.699. The first kappa shape index (κ1) is 4.62. The third-order valence-corrected chi connectivity index (χ3v) is 1.10. The molecule has 1 saturated carbocycles. The maximum Gasteiger partial charge on any atom is 0.293 e. The van der Waals surface area contributed by atoms with E-state index in [-0.39, 0.29) is 0 Å². The Hall–Kier alpha value is -0.530. The minimum atomic E-state index is 0.512. The minimum absolute atomic E-state index is 0.512. The molecule has 2 heteroatoms. The number of hydrogen-bond acceptors (Lipinski definition) is 2. The minimum Gasteiger partial charge on any atom is -0.468 e. The van der Waals surface area contributed by atoms with Crippen molar-refractivity contribution in [2.24, 2.45) is 5.92 Å². The summed E-state index contributed by atoms with van der Waals surface area (Å²) in [4.78, 5) is 9.51. The van der Waals surface area contributed by atoms with Crippen molar-refractivity contribution in [2.45, 2.75) is 12.8 Å². The van der Waals surface area contributed by atoms with Crippen LogP contribution in [-0.4, -0.2) is 13.1 Å². The van der Waals surface area contributed by atoms with Gasteiger partial charge in [-0.15, -0.1) is 0 Å². The Balaban J connectivity index is 1.88. The van der Waals surface area contributed by atoms with Gasteiger partial charge in [0.15, 0.2) is 0 Å². The molecule has 0 radical (unpaired) electrons. The molecule has 0 unspecified atom stereocenters. The van der Waals surface area contributed by atoms with Crippen LogP contribution in [0.2, 0.25) is 0 Å². The van der Waals surface area contributed by atoms with E-state index in [4.69, 9.17) is 0 Å². The Morgan fingerprint density at radius 3 is 2.86 bits per heavy atom. The van der Waals surface area contributed by atoms with Crippen LogP contribution < -0.4 is 0 Å². The van der Waals surface area contributed by atoms with Gasteiger partial charge in [-0.05, 0) is 18.8 Å². The van der Waals surface area contributed by atoms with Gasteiger partial charge in [-0.3, -0.25) is 4.79 Å². The van der Waals surface area contributed by atoms with Gasteiger partial charge in [0.2, 0.25) is 0 Å². The second-order valence-electron chi connectivity index (χ2n) is 1.87. The summed E-state index contributed by atoms with van der Waals surface area (Å²) in [5.41, 5.74) is 0.